The molecule has 0 spiro atoms. The number of hydrogen-bond donors (Lipinski definition) is 0. The van der Waals surface area contributed by atoms with E-state index in [1.54, 1.807) is 33.3 Å². The Morgan fingerprint density at radius 1 is 1.12 bits per heavy atom. The molecule has 1 aliphatic rings. The van der Waals surface area contributed by atoms with E-state index in [0.717, 1.165) is 48.8 Å². The Kier molecular flexibility index (Phi) is 8.13. The first-order valence-corrected chi connectivity index (χ1v) is 11.2. The van der Waals surface area contributed by atoms with Gasteiger partial charge in [0, 0.05) is 51.6 Å². The molecular formula is C26H35FN2O3. The van der Waals surface area contributed by atoms with Gasteiger partial charge in [0.05, 0.1) is 14.2 Å². The summed E-state index contributed by atoms with van der Waals surface area (Å²) >= 11 is 0. The Hall–Kier alpha value is -2.60. The maximum Gasteiger partial charge on any atom is 0.219 e. The molecule has 0 radical (unpaired) electrons. The van der Waals surface area contributed by atoms with Crippen LogP contribution in [0.3, 0.4) is 0 Å². The number of methoxy groups -OCH3 is 2. The smallest absolute Gasteiger partial charge is 0.219 e. The number of nitrogens with zero attached hydrogens (tertiary/aromatic N) is 2. The van der Waals surface area contributed by atoms with Crippen molar-refractivity contribution in [3.63, 3.8) is 0 Å². The summed E-state index contributed by atoms with van der Waals surface area (Å²) in [6, 6.07) is 12.8. The van der Waals surface area contributed by atoms with Crippen LogP contribution >= 0.6 is 0 Å². The quantitative estimate of drug-likeness (QED) is 0.571. The molecule has 1 amide bonds. The van der Waals surface area contributed by atoms with Crippen molar-refractivity contribution in [1.82, 2.24) is 9.80 Å². The minimum absolute atomic E-state index is 0.0904. The lowest BCUT2D eigenvalue weighted by atomic mass is 9.88. The number of rotatable bonds is 9. The van der Waals surface area contributed by atoms with Gasteiger partial charge < -0.3 is 14.4 Å². The van der Waals surface area contributed by atoms with Crippen LogP contribution in [0, 0.1) is 17.7 Å². The van der Waals surface area contributed by atoms with E-state index in [9.17, 15) is 9.18 Å². The van der Waals surface area contributed by atoms with Gasteiger partial charge in [-0.05, 0) is 47.2 Å². The highest BCUT2D eigenvalue weighted by molar-refractivity contribution is 5.73. The molecule has 3 rings (SSSR count). The average Bonchev–Trinajstić information content (AvgIpc) is 3.14. The number of ether oxygens (including phenoxy) is 2. The minimum Gasteiger partial charge on any atom is -0.497 e. The molecule has 0 bridgehead atoms. The van der Waals surface area contributed by atoms with Gasteiger partial charge in [0.2, 0.25) is 5.91 Å². The topological polar surface area (TPSA) is 42.0 Å². The SMILES string of the molecule is COc1cc(CN2CC(CN(CC(C)C)C(C)=O)C(c3cccc(F)c3)C2)cc(OC)c1. The molecule has 6 heteroatoms. The monoisotopic (exact) mass is 442 g/mol. The summed E-state index contributed by atoms with van der Waals surface area (Å²) in [6.07, 6.45) is 0. The van der Waals surface area contributed by atoms with Crippen molar-refractivity contribution in [2.45, 2.75) is 33.2 Å². The molecule has 0 aromatic heterocycles. The van der Waals surface area contributed by atoms with Gasteiger partial charge in [-0.15, -0.1) is 0 Å². The lowest BCUT2D eigenvalue weighted by Crippen LogP contribution is -2.38. The van der Waals surface area contributed by atoms with Crippen molar-refractivity contribution >= 4 is 5.91 Å². The number of carbonyl (C=O) groups excluding carboxylic acids is 1. The fourth-order valence-corrected chi connectivity index (χ4v) is 4.66. The summed E-state index contributed by atoms with van der Waals surface area (Å²) in [5, 5.41) is 0. The van der Waals surface area contributed by atoms with E-state index in [2.05, 4.69) is 18.7 Å². The van der Waals surface area contributed by atoms with Crippen LogP contribution in [0.15, 0.2) is 42.5 Å². The molecular weight excluding hydrogens is 407 g/mol. The Morgan fingerprint density at radius 2 is 1.81 bits per heavy atom. The fourth-order valence-electron chi connectivity index (χ4n) is 4.66. The van der Waals surface area contributed by atoms with E-state index in [0.29, 0.717) is 12.5 Å². The van der Waals surface area contributed by atoms with E-state index in [-0.39, 0.29) is 23.6 Å². The molecule has 1 aliphatic heterocycles. The molecule has 1 fully saturated rings. The van der Waals surface area contributed by atoms with Gasteiger partial charge in [-0.2, -0.15) is 0 Å². The molecule has 2 aromatic rings. The molecule has 5 nitrogen and oxygen atoms in total. The molecule has 0 saturated carbocycles. The Labute approximate surface area is 191 Å². The molecule has 2 atom stereocenters. The van der Waals surface area contributed by atoms with Gasteiger partial charge >= 0.3 is 0 Å². The van der Waals surface area contributed by atoms with Crippen molar-refractivity contribution < 1.29 is 18.7 Å². The zero-order valence-electron chi connectivity index (χ0n) is 19.8. The van der Waals surface area contributed by atoms with Crippen molar-refractivity contribution in [2.24, 2.45) is 11.8 Å². The van der Waals surface area contributed by atoms with Gasteiger partial charge in [-0.25, -0.2) is 4.39 Å². The fraction of sp³-hybridized carbons (Fsp3) is 0.500. The Morgan fingerprint density at radius 3 is 2.38 bits per heavy atom. The summed E-state index contributed by atoms with van der Waals surface area (Å²) in [6.45, 7) is 9.66. The number of likely N-dealkylation sites (tertiary alicyclic amines) is 1. The zero-order chi connectivity index (χ0) is 23.3. The Balaban J connectivity index is 1.83. The van der Waals surface area contributed by atoms with E-state index < -0.39 is 0 Å². The second kappa shape index (κ2) is 10.8. The van der Waals surface area contributed by atoms with Gasteiger partial charge in [0.1, 0.15) is 17.3 Å². The summed E-state index contributed by atoms with van der Waals surface area (Å²) in [5.74, 6) is 2.18. The van der Waals surface area contributed by atoms with Gasteiger partial charge in [-0.1, -0.05) is 26.0 Å². The highest BCUT2D eigenvalue weighted by Crippen LogP contribution is 2.35. The lowest BCUT2D eigenvalue weighted by molar-refractivity contribution is -0.130. The maximum absolute atomic E-state index is 14.0. The summed E-state index contributed by atoms with van der Waals surface area (Å²) in [5.41, 5.74) is 2.10. The molecule has 32 heavy (non-hydrogen) atoms. The highest BCUT2D eigenvalue weighted by atomic mass is 19.1. The van der Waals surface area contributed by atoms with Crippen molar-refractivity contribution in [1.29, 1.82) is 0 Å². The first-order valence-electron chi connectivity index (χ1n) is 11.2. The summed E-state index contributed by atoms with van der Waals surface area (Å²) < 4.78 is 24.9. The summed E-state index contributed by atoms with van der Waals surface area (Å²) in [4.78, 5) is 16.6. The third-order valence-electron chi connectivity index (χ3n) is 6.10. The minimum atomic E-state index is -0.220. The highest BCUT2D eigenvalue weighted by Gasteiger charge is 2.35. The molecule has 1 saturated heterocycles. The average molecular weight is 443 g/mol. The number of benzene rings is 2. The van der Waals surface area contributed by atoms with Crippen LogP contribution in [0.1, 0.15) is 37.8 Å². The van der Waals surface area contributed by atoms with Crippen molar-refractivity contribution in [3.05, 3.63) is 59.4 Å². The van der Waals surface area contributed by atoms with Gasteiger partial charge in [-0.3, -0.25) is 9.69 Å². The Bertz CT molecular complexity index is 895. The first-order chi connectivity index (χ1) is 15.3. The molecule has 2 aromatic carbocycles. The number of halogens is 1. The number of hydrogen-bond acceptors (Lipinski definition) is 4. The first kappa shape index (κ1) is 24.1. The van der Waals surface area contributed by atoms with E-state index in [4.69, 9.17) is 9.47 Å². The second-order valence-corrected chi connectivity index (χ2v) is 9.15. The van der Waals surface area contributed by atoms with Crippen molar-refractivity contribution in [2.75, 3.05) is 40.4 Å². The van der Waals surface area contributed by atoms with Crippen LogP contribution in [0.2, 0.25) is 0 Å². The largest absolute Gasteiger partial charge is 0.497 e. The molecule has 0 aliphatic carbocycles. The van der Waals surface area contributed by atoms with Crippen molar-refractivity contribution in [3.8, 4) is 11.5 Å². The number of amides is 1. The van der Waals surface area contributed by atoms with Gasteiger partial charge in [0.15, 0.2) is 0 Å². The lowest BCUT2D eigenvalue weighted by Gasteiger charge is -2.29. The van der Waals surface area contributed by atoms with Crippen LogP contribution in [-0.2, 0) is 11.3 Å². The van der Waals surface area contributed by atoms with E-state index in [1.807, 2.05) is 29.2 Å². The molecule has 174 valence electrons. The molecule has 1 heterocycles. The van der Waals surface area contributed by atoms with Crippen LogP contribution in [-0.4, -0.2) is 56.1 Å². The number of carbonyl (C=O) groups is 1. The third kappa shape index (κ3) is 6.22. The second-order valence-electron chi connectivity index (χ2n) is 9.15. The molecule has 2 unspecified atom stereocenters. The van der Waals surface area contributed by atoms with Crippen LogP contribution in [0.5, 0.6) is 11.5 Å². The van der Waals surface area contributed by atoms with Crippen LogP contribution in [0.4, 0.5) is 4.39 Å². The zero-order valence-corrected chi connectivity index (χ0v) is 19.8. The molecule has 0 N–H and O–H groups in total. The third-order valence-corrected chi connectivity index (χ3v) is 6.10. The maximum atomic E-state index is 14.0. The van der Waals surface area contributed by atoms with Crippen LogP contribution < -0.4 is 9.47 Å². The van der Waals surface area contributed by atoms with Gasteiger partial charge in [0.25, 0.3) is 0 Å². The summed E-state index contributed by atoms with van der Waals surface area (Å²) in [7, 11) is 3.30. The normalized spacial score (nSPS) is 18.7. The predicted molar refractivity (Wildman–Crippen MR) is 125 cm³/mol. The predicted octanol–water partition coefficient (Wildman–Crippen LogP) is 4.56. The van der Waals surface area contributed by atoms with Crippen LogP contribution in [0.25, 0.3) is 0 Å². The van der Waals surface area contributed by atoms with E-state index in [1.165, 1.54) is 6.07 Å². The van der Waals surface area contributed by atoms with E-state index >= 15 is 0 Å². The standard InChI is InChI=1S/C26H35FN2O3/c1-18(2)13-29(19(3)30)16-22-15-28(17-26(22)21-7-6-8-23(27)11-21)14-20-9-24(31-4)12-25(10-20)32-5/h6-12,18,22,26H,13-17H2,1-5H3.